The molecule has 0 unspecified atom stereocenters. The van der Waals surface area contributed by atoms with Crippen LogP contribution in [0, 0.1) is 0 Å². The molecule has 0 atom stereocenters. The molecule has 1 N–H and O–H groups in total. The minimum atomic E-state index is 0.0761. The van der Waals surface area contributed by atoms with Crippen LogP contribution in [0.3, 0.4) is 0 Å². The van der Waals surface area contributed by atoms with Crippen molar-refractivity contribution in [2.45, 2.75) is 25.8 Å². The molecule has 0 aliphatic rings. The minimum Gasteiger partial charge on any atom is -0.396 e. The topological polar surface area (TPSA) is 42.2 Å². The van der Waals surface area contributed by atoms with Gasteiger partial charge in [-0.3, -0.25) is 4.79 Å². The highest BCUT2D eigenvalue weighted by Gasteiger charge is 2.01. The second-order valence-corrected chi connectivity index (χ2v) is 4.17. The molecule has 3 heteroatoms. The molecule has 0 amide bonds. The molecule has 0 aliphatic carbocycles. The fourth-order valence-corrected chi connectivity index (χ4v) is 2.03. The van der Waals surface area contributed by atoms with Gasteiger partial charge in [0.1, 0.15) is 0 Å². The maximum Gasteiger partial charge on any atom is 0.189 e. The number of aliphatic hydroxyl groups excluding tert-OH is 1. The van der Waals surface area contributed by atoms with Crippen molar-refractivity contribution in [2.24, 2.45) is 0 Å². The van der Waals surface area contributed by atoms with E-state index >= 15 is 0 Å². The first-order valence-electron chi connectivity index (χ1n) is 6.02. The SMILES string of the molecule is O=c1ccn(CCCCCO)c2ccccc12. The molecule has 1 aromatic carbocycles. The van der Waals surface area contributed by atoms with Gasteiger partial charge in [-0.05, 0) is 31.4 Å². The number of benzene rings is 1. The van der Waals surface area contributed by atoms with Crippen LogP contribution in [0.5, 0.6) is 0 Å². The second-order valence-electron chi connectivity index (χ2n) is 4.17. The van der Waals surface area contributed by atoms with Crippen molar-refractivity contribution in [3.8, 4) is 0 Å². The van der Waals surface area contributed by atoms with Gasteiger partial charge in [-0.25, -0.2) is 0 Å². The largest absolute Gasteiger partial charge is 0.396 e. The molecule has 17 heavy (non-hydrogen) atoms. The van der Waals surface area contributed by atoms with Gasteiger partial charge >= 0.3 is 0 Å². The molecule has 0 fully saturated rings. The lowest BCUT2D eigenvalue weighted by Crippen LogP contribution is -2.08. The number of aryl methyl sites for hydroxylation is 1. The average Bonchev–Trinajstić information content (AvgIpc) is 2.37. The van der Waals surface area contributed by atoms with E-state index in [9.17, 15) is 4.79 Å². The highest BCUT2D eigenvalue weighted by atomic mass is 16.2. The number of nitrogens with zero attached hydrogens (tertiary/aromatic N) is 1. The third kappa shape index (κ3) is 2.74. The molecular formula is C14H17NO2. The van der Waals surface area contributed by atoms with Gasteiger partial charge in [-0.2, -0.15) is 0 Å². The van der Waals surface area contributed by atoms with Gasteiger partial charge in [-0.1, -0.05) is 12.1 Å². The van der Waals surface area contributed by atoms with Crippen molar-refractivity contribution in [2.75, 3.05) is 6.61 Å². The molecule has 3 nitrogen and oxygen atoms in total. The summed E-state index contributed by atoms with van der Waals surface area (Å²) in [4.78, 5) is 11.7. The van der Waals surface area contributed by atoms with E-state index in [2.05, 4.69) is 4.57 Å². The molecule has 0 radical (unpaired) electrons. The van der Waals surface area contributed by atoms with Crippen molar-refractivity contribution < 1.29 is 5.11 Å². The lowest BCUT2D eigenvalue weighted by atomic mass is 10.2. The number of pyridine rings is 1. The predicted octanol–water partition coefficient (Wildman–Crippen LogP) is 2.16. The van der Waals surface area contributed by atoms with Crippen LogP contribution in [0.25, 0.3) is 10.9 Å². The van der Waals surface area contributed by atoms with E-state index in [4.69, 9.17) is 5.11 Å². The van der Waals surface area contributed by atoms with E-state index in [1.807, 2.05) is 30.5 Å². The number of rotatable bonds is 5. The number of aromatic nitrogens is 1. The second kappa shape index (κ2) is 5.64. The Balaban J connectivity index is 2.23. The van der Waals surface area contributed by atoms with E-state index in [0.29, 0.717) is 0 Å². The Labute approximate surface area is 100 Å². The van der Waals surface area contributed by atoms with E-state index < -0.39 is 0 Å². The van der Waals surface area contributed by atoms with Gasteiger partial charge in [0.05, 0.1) is 5.52 Å². The Kier molecular flexibility index (Phi) is 3.94. The molecule has 0 spiro atoms. The number of fused-ring (bicyclic) bond motifs is 1. The zero-order chi connectivity index (χ0) is 12.1. The van der Waals surface area contributed by atoms with Crippen LogP contribution >= 0.6 is 0 Å². The lowest BCUT2D eigenvalue weighted by molar-refractivity contribution is 0.282. The summed E-state index contributed by atoms with van der Waals surface area (Å²) in [5.74, 6) is 0. The number of hydrogen-bond acceptors (Lipinski definition) is 2. The molecule has 90 valence electrons. The molecule has 1 aromatic heterocycles. The Hall–Kier alpha value is -1.61. The fourth-order valence-electron chi connectivity index (χ4n) is 2.03. The zero-order valence-corrected chi connectivity index (χ0v) is 9.80. The number of para-hydroxylation sites is 1. The van der Waals surface area contributed by atoms with Gasteiger partial charge in [0, 0.05) is 30.8 Å². The molecule has 0 saturated carbocycles. The normalized spacial score (nSPS) is 10.9. The first kappa shape index (κ1) is 11.9. The maximum atomic E-state index is 11.7. The predicted molar refractivity (Wildman–Crippen MR) is 69.1 cm³/mol. The van der Waals surface area contributed by atoms with Crippen LogP contribution in [-0.2, 0) is 6.54 Å². The standard InChI is InChI=1S/C14H17NO2/c16-11-5-1-4-9-15-10-8-14(17)12-6-2-3-7-13(12)15/h2-3,6-8,10,16H,1,4-5,9,11H2. The van der Waals surface area contributed by atoms with Crippen LogP contribution in [0.2, 0.25) is 0 Å². The van der Waals surface area contributed by atoms with Crippen LogP contribution in [-0.4, -0.2) is 16.3 Å². The summed E-state index contributed by atoms with van der Waals surface area (Å²) in [7, 11) is 0. The van der Waals surface area contributed by atoms with Crippen LogP contribution < -0.4 is 5.43 Å². The monoisotopic (exact) mass is 231 g/mol. The van der Waals surface area contributed by atoms with Gasteiger partial charge in [0.15, 0.2) is 5.43 Å². The van der Waals surface area contributed by atoms with Crippen molar-refractivity contribution in [3.63, 3.8) is 0 Å². The summed E-state index contributed by atoms with van der Waals surface area (Å²) in [6, 6.07) is 9.30. The molecule has 1 heterocycles. The average molecular weight is 231 g/mol. The summed E-state index contributed by atoms with van der Waals surface area (Å²) < 4.78 is 2.11. The molecule has 2 rings (SSSR count). The molecule has 0 saturated heterocycles. The van der Waals surface area contributed by atoms with E-state index in [-0.39, 0.29) is 12.0 Å². The highest BCUT2D eigenvalue weighted by molar-refractivity contribution is 5.78. The van der Waals surface area contributed by atoms with Crippen LogP contribution in [0.15, 0.2) is 41.3 Å². The van der Waals surface area contributed by atoms with Crippen molar-refractivity contribution in [1.82, 2.24) is 4.57 Å². The van der Waals surface area contributed by atoms with Crippen LogP contribution in [0.4, 0.5) is 0 Å². The van der Waals surface area contributed by atoms with E-state index in [1.54, 1.807) is 6.07 Å². The summed E-state index contributed by atoms with van der Waals surface area (Å²) in [6.45, 7) is 1.14. The van der Waals surface area contributed by atoms with Crippen molar-refractivity contribution >= 4 is 10.9 Å². The Morgan fingerprint density at radius 2 is 1.88 bits per heavy atom. The molecule has 0 aliphatic heterocycles. The molecule has 0 bridgehead atoms. The number of hydrogen-bond donors (Lipinski definition) is 1. The lowest BCUT2D eigenvalue weighted by Gasteiger charge is -2.10. The third-order valence-electron chi connectivity index (χ3n) is 2.94. The van der Waals surface area contributed by atoms with E-state index in [0.717, 1.165) is 36.7 Å². The van der Waals surface area contributed by atoms with E-state index in [1.165, 1.54) is 0 Å². The van der Waals surface area contributed by atoms with Gasteiger partial charge < -0.3 is 9.67 Å². The van der Waals surface area contributed by atoms with Gasteiger partial charge in [0.2, 0.25) is 0 Å². The van der Waals surface area contributed by atoms with Crippen LogP contribution in [0.1, 0.15) is 19.3 Å². The summed E-state index contributed by atoms with van der Waals surface area (Å²) in [5, 5.41) is 9.50. The smallest absolute Gasteiger partial charge is 0.189 e. The highest BCUT2D eigenvalue weighted by Crippen LogP contribution is 2.10. The quantitative estimate of drug-likeness (QED) is 0.801. The minimum absolute atomic E-state index is 0.0761. The number of unbranched alkanes of at least 4 members (excludes halogenated alkanes) is 2. The number of aliphatic hydroxyl groups is 1. The van der Waals surface area contributed by atoms with Gasteiger partial charge in [0.25, 0.3) is 0 Å². The Morgan fingerprint density at radius 3 is 2.71 bits per heavy atom. The first-order chi connectivity index (χ1) is 8.33. The third-order valence-corrected chi connectivity index (χ3v) is 2.94. The Bertz CT molecular complexity index is 545. The maximum absolute atomic E-state index is 11.7. The Morgan fingerprint density at radius 1 is 1.06 bits per heavy atom. The first-order valence-corrected chi connectivity index (χ1v) is 6.02. The van der Waals surface area contributed by atoms with Crippen molar-refractivity contribution in [3.05, 3.63) is 46.8 Å². The summed E-state index contributed by atoms with van der Waals surface area (Å²) in [6.07, 6.45) is 4.73. The molecule has 2 aromatic rings. The summed E-state index contributed by atoms with van der Waals surface area (Å²) >= 11 is 0. The molecular weight excluding hydrogens is 214 g/mol. The fraction of sp³-hybridized carbons (Fsp3) is 0.357. The zero-order valence-electron chi connectivity index (χ0n) is 9.80. The van der Waals surface area contributed by atoms with Gasteiger partial charge in [-0.15, -0.1) is 0 Å². The summed E-state index contributed by atoms with van der Waals surface area (Å²) in [5.41, 5.74) is 1.07. The van der Waals surface area contributed by atoms with Crippen molar-refractivity contribution in [1.29, 1.82) is 0 Å².